The van der Waals surface area contributed by atoms with Crippen molar-refractivity contribution < 1.29 is 0 Å². The number of benzene rings is 3. The summed E-state index contributed by atoms with van der Waals surface area (Å²) in [6, 6.07) is 22.3. The zero-order valence-electron chi connectivity index (χ0n) is 18.8. The third-order valence-electron chi connectivity index (χ3n) is 8.04. The van der Waals surface area contributed by atoms with Gasteiger partial charge < -0.3 is 0 Å². The zero-order chi connectivity index (χ0) is 22.7. The van der Waals surface area contributed by atoms with E-state index >= 15 is 0 Å². The first-order valence-corrected chi connectivity index (χ1v) is 12.0. The minimum Gasteiger partial charge on any atom is -0.290 e. The molecule has 9 rings (SSSR count). The summed E-state index contributed by atoms with van der Waals surface area (Å²) in [5, 5.41) is 3.37. The predicted octanol–water partition coefficient (Wildman–Crippen LogP) is 6.73. The Balaban J connectivity index is 1.36. The van der Waals surface area contributed by atoms with Gasteiger partial charge in [-0.15, -0.1) is 0 Å². The summed E-state index contributed by atoms with van der Waals surface area (Å²) >= 11 is 0. The number of hydrogen-bond acceptors (Lipinski definition) is 3. The molecule has 0 unspecified atom stereocenters. The molecule has 0 amide bonds. The van der Waals surface area contributed by atoms with Gasteiger partial charge in [-0.3, -0.25) is 14.4 Å². The second-order valence-corrected chi connectivity index (χ2v) is 9.71. The van der Waals surface area contributed by atoms with Gasteiger partial charge in [0.05, 0.1) is 22.7 Å². The third kappa shape index (κ3) is 2.15. The van der Waals surface area contributed by atoms with Crippen molar-refractivity contribution in [1.29, 1.82) is 0 Å². The van der Waals surface area contributed by atoms with E-state index in [9.17, 15) is 0 Å². The van der Waals surface area contributed by atoms with Crippen molar-refractivity contribution in [1.82, 2.24) is 19.4 Å². The van der Waals surface area contributed by atoms with Gasteiger partial charge in [0, 0.05) is 34.7 Å². The van der Waals surface area contributed by atoms with Crippen LogP contribution in [0.3, 0.4) is 0 Å². The lowest BCUT2D eigenvalue weighted by molar-refractivity contribution is 1.16. The van der Waals surface area contributed by atoms with Crippen molar-refractivity contribution in [3.8, 4) is 22.3 Å². The molecule has 4 heteroatoms. The van der Waals surface area contributed by atoms with Gasteiger partial charge in [0.1, 0.15) is 5.65 Å². The Morgan fingerprint density at radius 3 is 2.29 bits per heavy atom. The molecule has 35 heavy (non-hydrogen) atoms. The van der Waals surface area contributed by atoms with Crippen molar-refractivity contribution in [3.63, 3.8) is 0 Å². The van der Waals surface area contributed by atoms with Crippen LogP contribution in [0.5, 0.6) is 0 Å². The number of imidazole rings is 1. The Morgan fingerprint density at radius 2 is 1.37 bits per heavy atom. The fraction of sp³-hybridized carbons (Fsp3) is 0.0645. The lowest BCUT2D eigenvalue weighted by Gasteiger charge is -2.09. The molecule has 2 aliphatic rings. The molecule has 4 heterocycles. The minimum atomic E-state index is 0.964. The maximum absolute atomic E-state index is 5.15. The van der Waals surface area contributed by atoms with E-state index in [4.69, 9.17) is 4.98 Å². The fourth-order valence-corrected chi connectivity index (χ4v) is 6.50. The van der Waals surface area contributed by atoms with E-state index in [1.807, 2.05) is 24.8 Å². The van der Waals surface area contributed by atoms with E-state index in [0.29, 0.717) is 0 Å². The lowest BCUT2D eigenvalue weighted by atomic mass is 9.96. The van der Waals surface area contributed by atoms with E-state index in [0.717, 1.165) is 51.2 Å². The van der Waals surface area contributed by atoms with Gasteiger partial charge in [-0.2, -0.15) is 0 Å². The Labute approximate surface area is 200 Å². The molecule has 0 atom stereocenters. The Morgan fingerprint density at radius 1 is 0.600 bits per heavy atom. The van der Waals surface area contributed by atoms with Gasteiger partial charge in [0.2, 0.25) is 0 Å². The molecule has 3 aromatic carbocycles. The van der Waals surface area contributed by atoms with Crippen LogP contribution in [0, 0.1) is 0 Å². The summed E-state index contributed by atoms with van der Waals surface area (Å²) in [5.74, 6) is 0. The normalized spacial score (nSPS) is 13.5. The van der Waals surface area contributed by atoms with Crippen molar-refractivity contribution >= 4 is 38.4 Å². The summed E-state index contributed by atoms with van der Waals surface area (Å²) in [6.45, 7) is 0. The maximum Gasteiger partial charge on any atom is 0.146 e. The number of aromatic nitrogens is 4. The molecule has 4 nitrogen and oxygen atoms in total. The van der Waals surface area contributed by atoms with Gasteiger partial charge >= 0.3 is 0 Å². The molecule has 162 valence electrons. The standard InChI is InChI=1S/C31H18N4/c1-2-4-19-17(3-1)11-25-20(19)5-6-21-24-14-29-28(13-18(24)12-26(21)25)34-31-23-8-10-32-15-27(23)22-7-9-33-16-30(22)35(29)31/h1-10,13-16H,11-12H2. The summed E-state index contributed by atoms with van der Waals surface area (Å²) in [4.78, 5) is 14.0. The monoisotopic (exact) mass is 446 g/mol. The average Bonchev–Trinajstić information content (AvgIpc) is 3.58. The van der Waals surface area contributed by atoms with Crippen LogP contribution in [-0.4, -0.2) is 19.4 Å². The van der Waals surface area contributed by atoms with Gasteiger partial charge in [-0.1, -0.05) is 36.4 Å². The smallest absolute Gasteiger partial charge is 0.146 e. The summed E-state index contributed by atoms with van der Waals surface area (Å²) in [5.41, 5.74) is 15.5. The topological polar surface area (TPSA) is 43.1 Å². The Bertz CT molecular complexity index is 2070. The second-order valence-electron chi connectivity index (χ2n) is 9.71. The zero-order valence-corrected chi connectivity index (χ0v) is 18.8. The largest absolute Gasteiger partial charge is 0.290 e. The number of rotatable bonds is 0. The first-order chi connectivity index (χ1) is 17.3. The molecule has 0 saturated carbocycles. The second kappa shape index (κ2) is 6.10. The number of nitrogens with zero attached hydrogens (tertiary/aromatic N) is 4. The molecule has 0 aliphatic heterocycles. The van der Waals surface area contributed by atoms with E-state index < -0.39 is 0 Å². The van der Waals surface area contributed by atoms with E-state index in [2.05, 4.69) is 75.0 Å². The number of pyridine rings is 3. The summed E-state index contributed by atoms with van der Waals surface area (Å²) in [7, 11) is 0. The highest BCUT2D eigenvalue weighted by Crippen LogP contribution is 2.47. The highest BCUT2D eigenvalue weighted by molar-refractivity contribution is 6.13. The van der Waals surface area contributed by atoms with E-state index in [1.165, 1.54) is 44.5 Å². The molecular formula is C31H18N4. The molecule has 0 spiro atoms. The van der Waals surface area contributed by atoms with Gasteiger partial charge in [0.15, 0.2) is 0 Å². The van der Waals surface area contributed by atoms with Gasteiger partial charge in [0.25, 0.3) is 0 Å². The van der Waals surface area contributed by atoms with Crippen molar-refractivity contribution in [3.05, 3.63) is 108 Å². The van der Waals surface area contributed by atoms with Crippen molar-refractivity contribution in [2.24, 2.45) is 0 Å². The van der Waals surface area contributed by atoms with Crippen molar-refractivity contribution in [2.75, 3.05) is 0 Å². The molecule has 0 fully saturated rings. The van der Waals surface area contributed by atoms with E-state index in [-0.39, 0.29) is 0 Å². The van der Waals surface area contributed by atoms with Crippen LogP contribution in [0.2, 0.25) is 0 Å². The first kappa shape index (κ1) is 17.8. The Kier molecular flexibility index (Phi) is 3.11. The Hall–Kier alpha value is -4.57. The number of fused-ring (bicyclic) bond motifs is 15. The van der Waals surface area contributed by atoms with Crippen LogP contribution in [0.4, 0.5) is 0 Å². The van der Waals surface area contributed by atoms with Crippen molar-refractivity contribution in [2.45, 2.75) is 12.8 Å². The molecule has 4 aromatic heterocycles. The van der Waals surface area contributed by atoms with Gasteiger partial charge in [-0.05, 0) is 81.6 Å². The molecule has 0 N–H and O–H groups in total. The SMILES string of the molecule is c1ccc2c(c1)Cc1c-2ccc2c1Cc1cc3nc4c5ccncc5c5ccncc5n4c3cc1-2. The summed E-state index contributed by atoms with van der Waals surface area (Å²) < 4.78 is 2.28. The molecule has 2 aliphatic carbocycles. The molecule has 0 radical (unpaired) electrons. The van der Waals surface area contributed by atoms with E-state index in [1.54, 1.807) is 0 Å². The van der Waals surface area contributed by atoms with Crippen LogP contribution in [-0.2, 0) is 12.8 Å². The van der Waals surface area contributed by atoms with Crippen LogP contribution >= 0.6 is 0 Å². The quantitative estimate of drug-likeness (QED) is 0.243. The van der Waals surface area contributed by atoms with Gasteiger partial charge in [-0.25, -0.2) is 4.98 Å². The van der Waals surface area contributed by atoms with Crippen LogP contribution in [0.25, 0.3) is 60.6 Å². The fourth-order valence-electron chi connectivity index (χ4n) is 6.50. The minimum absolute atomic E-state index is 0.964. The third-order valence-corrected chi connectivity index (χ3v) is 8.04. The molecular weight excluding hydrogens is 428 g/mol. The van der Waals surface area contributed by atoms with Crippen LogP contribution in [0.1, 0.15) is 22.3 Å². The van der Waals surface area contributed by atoms with Crippen LogP contribution < -0.4 is 0 Å². The molecule has 7 aromatic rings. The highest BCUT2D eigenvalue weighted by Gasteiger charge is 2.28. The number of hydrogen-bond donors (Lipinski definition) is 0. The lowest BCUT2D eigenvalue weighted by Crippen LogP contribution is -1.93. The summed E-state index contributed by atoms with van der Waals surface area (Å²) in [6.07, 6.45) is 9.59. The average molecular weight is 447 g/mol. The maximum atomic E-state index is 5.15. The first-order valence-electron chi connectivity index (χ1n) is 12.0. The molecule has 0 bridgehead atoms. The molecule has 0 saturated heterocycles. The highest BCUT2D eigenvalue weighted by atomic mass is 15.0. The predicted molar refractivity (Wildman–Crippen MR) is 140 cm³/mol. The van der Waals surface area contributed by atoms with Crippen LogP contribution in [0.15, 0.2) is 85.5 Å².